The first kappa shape index (κ1) is 15.7. The zero-order valence-electron chi connectivity index (χ0n) is 13.1. The predicted molar refractivity (Wildman–Crippen MR) is 85.6 cm³/mol. The number of nitrogens with zero attached hydrogens (tertiary/aromatic N) is 1. The topological polar surface area (TPSA) is 55.6 Å². The number of carbonyl (C=O) groups is 1. The van der Waals surface area contributed by atoms with E-state index in [-0.39, 0.29) is 5.91 Å². The lowest BCUT2D eigenvalue weighted by molar-refractivity contribution is 0.0678. The van der Waals surface area contributed by atoms with Crippen LogP contribution in [-0.2, 0) is 0 Å². The van der Waals surface area contributed by atoms with Crippen LogP contribution in [0.25, 0.3) is 0 Å². The maximum absolute atomic E-state index is 12.8. The third-order valence-corrected chi connectivity index (χ3v) is 4.10. The molecule has 0 saturated carbocycles. The van der Waals surface area contributed by atoms with Crippen LogP contribution in [0.1, 0.15) is 56.3 Å². The molecule has 1 aromatic rings. The average molecular weight is 290 g/mol. The van der Waals surface area contributed by atoms with E-state index in [2.05, 4.69) is 6.92 Å². The van der Waals surface area contributed by atoms with Crippen LogP contribution < -0.4 is 10.5 Å². The summed E-state index contributed by atoms with van der Waals surface area (Å²) in [5, 5.41) is 0. The van der Waals surface area contributed by atoms with E-state index in [1.165, 1.54) is 12.8 Å². The summed E-state index contributed by atoms with van der Waals surface area (Å²) >= 11 is 0. The molecular weight excluding hydrogens is 264 g/mol. The number of hydrogen-bond donors (Lipinski definition) is 1. The van der Waals surface area contributed by atoms with Gasteiger partial charge in [0.15, 0.2) is 0 Å². The number of nitrogen functional groups attached to an aromatic ring is 1. The summed E-state index contributed by atoms with van der Waals surface area (Å²) in [5.74, 6) is 0.751. The van der Waals surface area contributed by atoms with E-state index in [0.717, 1.165) is 25.8 Å². The molecule has 21 heavy (non-hydrogen) atoms. The molecule has 1 aliphatic heterocycles. The molecule has 1 aliphatic rings. The molecule has 2 rings (SSSR count). The molecular formula is C17H26N2O2. The smallest absolute Gasteiger partial charge is 0.254 e. The van der Waals surface area contributed by atoms with Gasteiger partial charge in [-0.25, -0.2) is 0 Å². The first-order valence-corrected chi connectivity index (χ1v) is 8.00. The van der Waals surface area contributed by atoms with Crippen molar-refractivity contribution in [1.82, 2.24) is 4.90 Å². The van der Waals surface area contributed by atoms with Gasteiger partial charge in [-0.2, -0.15) is 0 Å². The van der Waals surface area contributed by atoms with Crippen molar-refractivity contribution in [2.24, 2.45) is 0 Å². The lowest BCUT2D eigenvalue weighted by atomic mass is 10.1. The second kappa shape index (κ2) is 7.34. The summed E-state index contributed by atoms with van der Waals surface area (Å²) in [5.41, 5.74) is 7.12. The summed E-state index contributed by atoms with van der Waals surface area (Å²) in [6.45, 7) is 5.49. The number of rotatable bonds is 4. The molecule has 0 spiro atoms. The highest BCUT2D eigenvalue weighted by molar-refractivity contribution is 5.95. The van der Waals surface area contributed by atoms with Crippen LogP contribution in [0.2, 0.25) is 0 Å². The Bertz CT molecular complexity index is 488. The van der Waals surface area contributed by atoms with Crippen LogP contribution in [0.15, 0.2) is 18.2 Å². The minimum absolute atomic E-state index is 0.0806. The maximum Gasteiger partial charge on any atom is 0.254 e. The Morgan fingerprint density at radius 3 is 2.81 bits per heavy atom. The van der Waals surface area contributed by atoms with Gasteiger partial charge in [-0.15, -0.1) is 0 Å². The monoisotopic (exact) mass is 290 g/mol. The first-order valence-electron chi connectivity index (χ1n) is 8.00. The van der Waals surface area contributed by atoms with E-state index >= 15 is 0 Å². The van der Waals surface area contributed by atoms with Crippen molar-refractivity contribution in [1.29, 1.82) is 0 Å². The lowest BCUT2D eigenvalue weighted by Gasteiger charge is -2.29. The molecule has 1 heterocycles. The van der Waals surface area contributed by atoms with Gasteiger partial charge < -0.3 is 15.4 Å². The molecule has 1 fully saturated rings. The highest BCUT2D eigenvalue weighted by Crippen LogP contribution is 2.24. The largest absolute Gasteiger partial charge is 0.494 e. The number of ether oxygens (including phenoxy) is 1. The predicted octanol–water partition coefficient (Wildman–Crippen LogP) is 3.46. The van der Waals surface area contributed by atoms with Crippen molar-refractivity contribution >= 4 is 11.6 Å². The van der Waals surface area contributed by atoms with E-state index in [0.29, 0.717) is 29.6 Å². The van der Waals surface area contributed by atoms with Gasteiger partial charge in [-0.3, -0.25) is 4.79 Å². The van der Waals surface area contributed by atoms with Gasteiger partial charge in [0.25, 0.3) is 5.91 Å². The second-order valence-electron chi connectivity index (χ2n) is 5.63. The van der Waals surface area contributed by atoms with Crippen molar-refractivity contribution < 1.29 is 9.53 Å². The molecule has 1 saturated heterocycles. The van der Waals surface area contributed by atoms with E-state index in [1.54, 1.807) is 18.2 Å². The fourth-order valence-corrected chi connectivity index (χ4v) is 3.03. The summed E-state index contributed by atoms with van der Waals surface area (Å²) in [6, 6.07) is 5.67. The normalized spacial score (nSPS) is 19.1. The molecule has 0 radical (unpaired) electrons. The van der Waals surface area contributed by atoms with Gasteiger partial charge in [0.1, 0.15) is 5.75 Å². The number of amides is 1. The molecule has 0 aliphatic carbocycles. The van der Waals surface area contributed by atoms with Crippen LogP contribution in [-0.4, -0.2) is 30.0 Å². The zero-order chi connectivity index (χ0) is 15.2. The van der Waals surface area contributed by atoms with Crippen molar-refractivity contribution in [2.75, 3.05) is 18.9 Å². The third-order valence-electron chi connectivity index (χ3n) is 4.10. The highest BCUT2D eigenvalue weighted by Gasteiger charge is 2.25. The van der Waals surface area contributed by atoms with Crippen LogP contribution in [0.5, 0.6) is 5.75 Å². The summed E-state index contributed by atoms with van der Waals surface area (Å²) < 4.78 is 5.49. The van der Waals surface area contributed by atoms with Gasteiger partial charge in [0, 0.05) is 29.9 Å². The van der Waals surface area contributed by atoms with Gasteiger partial charge in [-0.1, -0.05) is 19.8 Å². The SMILES string of the molecule is CCOc1cc(N)cc(C(=O)N2CCCCCC2CC)c1. The standard InChI is InChI=1S/C17H26N2O2/c1-3-15-8-6-5-7-9-19(15)17(20)13-10-14(18)12-16(11-13)21-4-2/h10-12,15H,3-9,18H2,1-2H3. The molecule has 4 heteroatoms. The number of anilines is 1. The Hall–Kier alpha value is -1.71. The molecule has 1 atom stereocenters. The fraction of sp³-hybridized carbons (Fsp3) is 0.588. The summed E-state index contributed by atoms with van der Waals surface area (Å²) in [6.07, 6.45) is 5.61. The van der Waals surface area contributed by atoms with Crippen molar-refractivity contribution in [3.8, 4) is 5.75 Å². The molecule has 116 valence electrons. The Morgan fingerprint density at radius 2 is 2.10 bits per heavy atom. The Labute approximate surface area is 127 Å². The number of hydrogen-bond acceptors (Lipinski definition) is 3. The van der Waals surface area contributed by atoms with Crippen LogP contribution in [0.4, 0.5) is 5.69 Å². The van der Waals surface area contributed by atoms with E-state index in [1.807, 2.05) is 11.8 Å². The van der Waals surface area contributed by atoms with E-state index in [4.69, 9.17) is 10.5 Å². The van der Waals surface area contributed by atoms with Crippen molar-refractivity contribution in [3.63, 3.8) is 0 Å². The molecule has 1 amide bonds. The van der Waals surface area contributed by atoms with Gasteiger partial charge >= 0.3 is 0 Å². The zero-order valence-corrected chi connectivity index (χ0v) is 13.1. The van der Waals surface area contributed by atoms with Crippen molar-refractivity contribution in [2.45, 2.75) is 52.0 Å². The maximum atomic E-state index is 12.8. The first-order chi connectivity index (χ1) is 10.2. The molecule has 0 bridgehead atoms. The van der Waals surface area contributed by atoms with Gasteiger partial charge in [-0.05, 0) is 38.3 Å². The van der Waals surface area contributed by atoms with Crippen LogP contribution in [0, 0.1) is 0 Å². The Balaban J connectivity index is 2.24. The molecule has 1 aromatic carbocycles. The van der Waals surface area contributed by atoms with E-state index in [9.17, 15) is 4.79 Å². The second-order valence-corrected chi connectivity index (χ2v) is 5.63. The van der Waals surface area contributed by atoms with Crippen LogP contribution >= 0.6 is 0 Å². The molecule has 4 nitrogen and oxygen atoms in total. The molecule has 0 aromatic heterocycles. The highest BCUT2D eigenvalue weighted by atomic mass is 16.5. The number of likely N-dealkylation sites (tertiary alicyclic amines) is 1. The molecule has 2 N–H and O–H groups in total. The van der Waals surface area contributed by atoms with E-state index < -0.39 is 0 Å². The average Bonchev–Trinajstić information content (AvgIpc) is 2.71. The number of nitrogens with two attached hydrogens (primary N) is 1. The number of carbonyl (C=O) groups excluding carboxylic acids is 1. The lowest BCUT2D eigenvalue weighted by Crippen LogP contribution is -2.39. The minimum Gasteiger partial charge on any atom is -0.494 e. The molecule has 1 unspecified atom stereocenters. The quantitative estimate of drug-likeness (QED) is 0.864. The van der Waals surface area contributed by atoms with Crippen molar-refractivity contribution in [3.05, 3.63) is 23.8 Å². The Kier molecular flexibility index (Phi) is 5.48. The summed E-state index contributed by atoms with van der Waals surface area (Å²) in [4.78, 5) is 14.9. The third kappa shape index (κ3) is 3.90. The van der Waals surface area contributed by atoms with Gasteiger partial charge in [0.2, 0.25) is 0 Å². The minimum atomic E-state index is 0.0806. The number of benzene rings is 1. The van der Waals surface area contributed by atoms with Crippen LogP contribution in [0.3, 0.4) is 0 Å². The Morgan fingerprint density at radius 1 is 1.29 bits per heavy atom. The van der Waals surface area contributed by atoms with Gasteiger partial charge in [0.05, 0.1) is 6.61 Å². The summed E-state index contributed by atoms with van der Waals surface area (Å²) in [7, 11) is 0. The fourth-order valence-electron chi connectivity index (χ4n) is 3.03.